The minimum Gasteiger partial charge on any atom is -0.384 e. The monoisotopic (exact) mass is 208 g/mol. The molecule has 0 atom stereocenters. The van der Waals surface area contributed by atoms with Gasteiger partial charge in [0.2, 0.25) is 0 Å². The summed E-state index contributed by atoms with van der Waals surface area (Å²) in [5, 5.41) is 7.43. The maximum absolute atomic E-state index is 7.43. The van der Waals surface area contributed by atoms with Crippen molar-refractivity contribution in [2.45, 2.75) is 12.7 Å². The molecule has 1 rings (SSSR count). The topological polar surface area (TPSA) is 68.3 Å². The van der Waals surface area contributed by atoms with Crippen molar-refractivity contribution in [1.82, 2.24) is 0 Å². The molecule has 1 aromatic rings. The first-order chi connectivity index (χ1) is 7.19. The summed E-state index contributed by atoms with van der Waals surface area (Å²) in [7, 11) is 3.18. The van der Waals surface area contributed by atoms with E-state index in [4.69, 9.17) is 20.6 Å². The molecule has 0 spiro atoms. The molecule has 82 valence electrons. The first-order valence-corrected chi connectivity index (χ1v) is 4.67. The van der Waals surface area contributed by atoms with Gasteiger partial charge >= 0.3 is 0 Å². The van der Waals surface area contributed by atoms with Crippen LogP contribution >= 0.6 is 0 Å². The Labute approximate surface area is 89.5 Å². The Morgan fingerprint density at radius 2 is 1.93 bits per heavy atom. The third-order valence-corrected chi connectivity index (χ3v) is 2.22. The van der Waals surface area contributed by atoms with Gasteiger partial charge in [-0.2, -0.15) is 0 Å². The average Bonchev–Trinajstić information content (AvgIpc) is 2.26. The Balaban J connectivity index is 2.88. The molecule has 4 nitrogen and oxygen atoms in total. The molecule has 0 heterocycles. The highest BCUT2D eigenvalue weighted by Crippen LogP contribution is 2.12. The van der Waals surface area contributed by atoms with E-state index >= 15 is 0 Å². The van der Waals surface area contributed by atoms with Crippen LogP contribution in [0.3, 0.4) is 0 Å². The summed E-state index contributed by atoms with van der Waals surface area (Å²) < 4.78 is 10.2. The van der Waals surface area contributed by atoms with Crippen molar-refractivity contribution >= 4 is 5.84 Å². The zero-order chi connectivity index (χ0) is 11.3. The van der Waals surface area contributed by atoms with Crippen LogP contribution in [0.15, 0.2) is 24.3 Å². The van der Waals surface area contributed by atoms with Gasteiger partial charge in [0, 0.05) is 26.2 Å². The lowest BCUT2D eigenvalue weighted by Gasteiger charge is -2.15. The van der Waals surface area contributed by atoms with E-state index in [1.807, 2.05) is 24.3 Å². The van der Waals surface area contributed by atoms with Crippen molar-refractivity contribution in [3.8, 4) is 0 Å². The van der Waals surface area contributed by atoms with Gasteiger partial charge in [0.05, 0.1) is 0 Å². The number of benzene rings is 1. The van der Waals surface area contributed by atoms with Gasteiger partial charge in [-0.15, -0.1) is 0 Å². The minimum atomic E-state index is -0.300. The summed E-state index contributed by atoms with van der Waals surface area (Å²) in [6.07, 6.45) is 0.286. The predicted molar refractivity (Wildman–Crippen MR) is 59.0 cm³/mol. The quantitative estimate of drug-likeness (QED) is 0.433. The van der Waals surface area contributed by atoms with Gasteiger partial charge in [0.25, 0.3) is 0 Å². The molecule has 0 aliphatic carbocycles. The minimum absolute atomic E-state index is 0.0663. The fraction of sp³-hybridized carbons (Fsp3) is 0.364. The molecular formula is C11H16N2O2. The van der Waals surface area contributed by atoms with Gasteiger partial charge in [-0.3, -0.25) is 5.41 Å². The lowest BCUT2D eigenvalue weighted by molar-refractivity contribution is -0.100. The highest BCUT2D eigenvalue weighted by Gasteiger charge is 2.10. The van der Waals surface area contributed by atoms with Crippen LogP contribution in [0.25, 0.3) is 0 Å². The number of hydrogen-bond acceptors (Lipinski definition) is 3. The Kier molecular flexibility index (Phi) is 4.27. The van der Waals surface area contributed by atoms with Crippen LogP contribution in [-0.2, 0) is 15.9 Å². The zero-order valence-electron chi connectivity index (χ0n) is 8.99. The van der Waals surface area contributed by atoms with E-state index < -0.39 is 0 Å². The Morgan fingerprint density at radius 3 is 2.47 bits per heavy atom. The third kappa shape index (κ3) is 3.04. The second-order valence-corrected chi connectivity index (χ2v) is 3.18. The number of amidine groups is 1. The number of hydrogen-bond donors (Lipinski definition) is 2. The molecule has 0 bridgehead atoms. The van der Waals surface area contributed by atoms with Crippen molar-refractivity contribution in [3.63, 3.8) is 0 Å². The lowest BCUT2D eigenvalue weighted by atomic mass is 10.0. The van der Waals surface area contributed by atoms with Crippen LogP contribution < -0.4 is 5.73 Å². The van der Waals surface area contributed by atoms with Gasteiger partial charge < -0.3 is 15.2 Å². The van der Waals surface area contributed by atoms with Gasteiger partial charge in [-0.1, -0.05) is 24.3 Å². The van der Waals surface area contributed by atoms with E-state index in [0.29, 0.717) is 6.42 Å². The van der Waals surface area contributed by atoms with Crippen LogP contribution in [0.2, 0.25) is 0 Å². The number of nitrogens with two attached hydrogens (primary N) is 1. The molecule has 3 N–H and O–H groups in total. The maximum Gasteiger partial charge on any atom is 0.160 e. The summed E-state index contributed by atoms with van der Waals surface area (Å²) in [5.41, 5.74) is 7.16. The molecule has 0 fully saturated rings. The number of nitrogens with one attached hydrogen (secondary N) is 1. The van der Waals surface area contributed by atoms with Gasteiger partial charge in [-0.05, 0) is 5.56 Å². The van der Waals surface area contributed by atoms with E-state index in [1.54, 1.807) is 14.2 Å². The number of methoxy groups -OCH3 is 2. The summed E-state index contributed by atoms with van der Waals surface area (Å²) in [5.74, 6) is 0.0663. The van der Waals surface area contributed by atoms with E-state index in [2.05, 4.69) is 0 Å². The molecule has 0 aliphatic heterocycles. The molecule has 1 aromatic carbocycles. The van der Waals surface area contributed by atoms with Gasteiger partial charge in [-0.25, -0.2) is 0 Å². The maximum atomic E-state index is 7.43. The Hall–Kier alpha value is -1.39. The third-order valence-electron chi connectivity index (χ3n) is 2.22. The van der Waals surface area contributed by atoms with Crippen LogP contribution in [0.5, 0.6) is 0 Å². The second kappa shape index (κ2) is 5.48. The van der Waals surface area contributed by atoms with Gasteiger partial charge in [0.15, 0.2) is 6.29 Å². The molecule has 4 heteroatoms. The summed E-state index contributed by atoms with van der Waals surface area (Å²) in [4.78, 5) is 0. The molecule has 15 heavy (non-hydrogen) atoms. The largest absolute Gasteiger partial charge is 0.384 e. The Bertz CT molecular complexity index is 335. The SMILES string of the molecule is COC(Cc1ccccc1C(=N)N)OC. The zero-order valence-corrected chi connectivity index (χ0v) is 8.99. The van der Waals surface area contributed by atoms with Crippen molar-refractivity contribution < 1.29 is 9.47 Å². The molecule has 0 saturated heterocycles. The van der Waals surface area contributed by atoms with E-state index in [-0.39, 0.29) is 12.1 Å². The fourth-order valence-electron chi connectivity index (χ4n) is 1.40. The molecule has 0 saturated carbocycles. The normalized spacial score (nSPS) is 10.6. The highest BCUT2D eigenvalue weighted by atomic mass is 16.7. The Morgan fingerprint density at radius 1 is 1.33 bits per heavy atom. The van der Waals surface area contributed by atoms with Crippen molar-refractivity contribution in [2.24, 2.45) is 5.73 Å². The van der Waals surface area contributed by atoms with Crippen LogP contribution in [0.1, 0.15) is 11.1 Å². The number of rotatable bonds is 5. The number of nitrogen functional groups attached to an aromatic ring is 1. The molecule has 0 aromatic heterocycles. The smallest absolute Gasteiger partial charge is 0.160 e. The second-order valence-electron chi connectivity index (χ2n) is 3.18. The van der Waals surface area contributed by atoms with Crippen molar-refractivity contribution in [1.29, 1.82) is 5.41 Å². The molecule has 0 amide bonds. The lowest BCUT2D eigenvalue weighted by Crippen LogP contribution is -2.20. The summed E-state index contributed by atoms with van der Waals surface area (Å²) in [6, 6.07) is 7.50. The molecular weight excluding hydrogens is 192 g/mol. The average molecular weight is 208 g/mol. The highest BCUT2D eigenvalue weighted by molar-refractivity contribution is 5.96. The molecule has 0 radical (unpaired) electrons. The number of ether oxygens (including phenoxy) is 2. The standard InChI is InChI=1S/C11H16N2O2/c1-14-10(15-2)7-8-5-3-4-6-9(8)11(12)13/h3-6,10H,7H2,1-2H3,(H3,12,13). The van der Waals surface area contributed by atoms with E-state index in [9.17, 15) is 0 Å². The molecule has 0 aliphatic rings. The predicted octanol–water partition coefficient (Wildman–Crippen LogP) is 1.13. The van der Waals surface area contributed by atoms with E-state index in [1.165, 1.54) is 0 Å². The summed E-state index contributed by atoms with van der Waals surface area (Å²) in [6.45, 7) is 0. The first kappa shape index (κ1) is 11.7. The fourth-order valence-corrected chi connectivity index (χ4v) is 1.40. The van der Waals surface area contributed by atoms with Crippen molar-refractivity contribution in [2.75, 3.05) is 14.2 Å². The summed E-state index contributed by atoms with van der Waals surface area (Å²) >= 11 is 0. The van der Waals surface area contributed by atoms with Gasteiger partial charge in [0.1, 0.15) is 5.84 Å². The first-order valence-electron chi connectivity index (χ1n) is 4.67. The van der Waals surface area contributed by atoms with Crippen LogP contribution in [-0.4, -0.2) is 26.3 Å². The van der Waals surface area contributed by atoms with Crippen molar-refractivity contribution in [3.05, 3.63) is 35.4 Å². The van der Waals surface area contributed by atoms with E-state index in [0.717, 1.165) is 11.1 Å². The van der Waals surface area contributed by atoms with Crippen LogP contribution in [0, 0.1) is 5.41 Å². The molecule has 0 unspecified atom stereocenters. The van der Waals surface area contributed by atoms with Crippen LogP contribution in [0.4, 0.5) is 0 Å².